The van der Waals surface area contributed by atoms with Gasteiger partial charge >= 0.3 is 0 Å². The van der Waals surface area contributed by atoms with Crippen LogP contribution in [0.5, 0.6) is 0 Å². The normalized spacial score (nSPS) is 24.8. The molecule has 0 aliphatic heterocycles. The summed E-state index contributed by atoms with van der Waals surface area (Å²) in [5.74, 6) is 0.0286. The number of carbonyl (C=O) groups excluding carboxylic acids is 1. The SMILES string of the molecule is NC1CCC(C(=O)NCC(O)c2ccccc2)C1. The van der Waals surface area contributed by atoms with Gasteiger partial charge in [0.25, 0.3) is 0 Å². The van der Waals surface area contributed by atoms with Gasteiger partial charge in [0.1, 0.15) is 0 Å². The molecule has 2 rings (SSSR count). The van der Waals surface area contributed by atoms with E-state index in [9.17, 15) is 9.90 Å². The van der Waals surface area contributed by atoms with Crippen molar-refractivity contribution in [2.45, 2.75) is 31.4 Å². The quantitative estimate of drug-likeness (QED) is 0.743. The van der Waals surface area contributed by atoms with Gasteiger partial charge in [0.2, 0.25) is 5.91 Å². The molecule has 4 N–H and O–H groups in total. The van der Waals surface area contributed by atoms with Crippen LogP contribution in [0.15, 0.2) is 30.3 Å². The fourth-order valence-corrected chi connectivity index (χ4v) is 2.39. The van der Waals surface area contributed by atoms with Crippen molar-refractivity contribution in [2.75, 3.05) is 6.54 Å². The molecule has 0 radical (unpaired) electrons. The molecule has 1 aromatic rings. The molecule has 0 saturated heterocycles. The Morgan fingerprint density at radius 1 is 1.39 bits per heavy atom. The van der Waals surface area contributed by atoms with Gasteiger partial charge in [-0.3, -0.25) is 4.79 Å². The molecule has 0 bridgehead atoms. The lowest BCUT2D eigenvalue weighted by molar-refractivity contribution is -0.125. The number of benzene rings is 1. The third kappa shape index (κ3) is 3.31. The summed E-state index contributed by atoms with van der Waals surface area (Å²) in [5.41, 5.74) is 6.60. The molecule has 3 unspecified atom stereocenters. The van der Waals surface area contributed by atoms with Crippen LogP contribution in [0.25, 0.3) is 0 Å². The largest absolute Gasteiger partial charge is 0.387 e. The Balaban J connectivity index is 1.79. The van der Waals surface area contributed by atoms with Crippen LogP contribution in [-0.2, 0) is 4.79 Å². The van der Waals surface area contributed by atoms with E-state index in [0.29, 0.717) is 0 Å². The summed E-state index contributed by atoms with van der Waals surface area (Å²) in [6.07, 6.45) is 1.88. The van der Waals surface area contributed by atoms with Crippen LogP contribution in [0.3, 0.4) is 0 Å². The molecule has 1 fully saturated rings. The van der Waals surface area contributed by atoms with Gasteiger partial charge in [-0.1, -0.05) is 30.3 Å². The number of nitrogens with one attached hydrogen (secondary N) is 1. The van der Waals surface area contributed by atoms with Gasteiger partial charge in [0.05, 0.1) is 6.10 Å². The van der Waals surface area contributed by atoms with Crippen molar-refractivity contribution in [2.24, 2.45) is 11.7 Å². The number of hydrogen-bond acceptors (Lipinski definition) is 3. The first-order chi connectivity index (χ1) is 8.66. The van der Waals surface area contributed by atoms with Crippen molar-refractivity contribution in [3.8, 4) is 0 Å². The Hall–Kier alpha value is -1.39. The van der Waals surface area contributed by atoms with E-state index in [2.05, 4.69) is 5.32 Å². The van der Waals surface area contributed by atoms with Gasteiger partial charge in [-0.05, 0) is 24.8 Å². The van der Waals surface area contributed by atoms with Crippen LogP contribution >= 0.6 is 0 Å². The minimum absolute atomic E-state index is 0.0120. The maximum atomic E-state index is 11.8. The molecule has 1 saturated carbocycles. The first-order valence-corrected chi connectivity index (χ1v) is 6.43. The van der Waals surface area contributed by atoms with E-state index < -0.39 is 6.10 Å². The highest BCUT2D eigenvalue weighted by atomic mass is 16.3. The molecule has 1 amide bonds. The first kappa shape index (κ1) is 13.1. The van der Waals surface area contributed by atoms with Crippen LogP contribution in [-0.4, -0.2) is 23.6 Å². The summed E-state index contributed by atoms with van der Waals surface area (Å²) in [5, 5.41) is 12.7. The average Bonchev–Trinajstić information content (AvgIpc) is 2.83. The van der Waals surface area contributed by atoms with E-state index in [1.165, 1.54) is 0 Å². The van der Waals surface area contributed by atoms with Crippen molar-refractivity contribution >= 4 is 5.91 Å². The lowest BCUT2D eigenvalue weighted by Gasteiger charge is -2.14. The minimum atomic E-state index is -0.648. The summed E-state index contributed by atoms with van der Waals surface area (Å²) in [4.78, 5) is 11.8. The smallest absolute Gasteiger partial charge is 0.223 e. The number of amides is 1. The van der Waals surface area contributed by atoms with Crippen LogP contribution in [0.2, 0.25) is 0 Å². The van der Waals surface area contributed by atoms with Gasteiger partial charge in [-0.2, -0.15) is 0 Å². The Kier molecular flexibility index (Phi) is 4.33. The highest BCUT2D eigenvalue weighted by Crippen LogP contribution is 2.24. The van der Waals surface area contributed by atoms with E-state index in [1.54, 1.807) is 0 Å². The van der Waals surface area contributed by atoms with E-state index in [-0.39, 0.29) is 24.4 Å². The molecule has 0 heterocycles. The maximum Gasteiger partial charge on any atom is 0.223 e. The third-order valence-corrected chi connectivity index (χ3v) is 3.50. The second-order valence-electron chi connectivity index (χ2n) is 4.94. The van der Waals surface area contributed by atoms with Crippen molar-refractivity contribution in [1.82, 2.24) is 5.32 Å². The summed E-state index contributed by atoms with van der Waals surface area (Å²) in [6.45, 7) is 0.259. The summed E-state index contributed by atoms with van der Waals surface area (Å²) in [7, 11) is 0. The lowest BCUT2D eigenvalue weighted by Crippen LogP contribution is -2.33. The van der Waals surface area contributed by atoms with Crippen LogP contribution < -0.4 is 11.1 Å². The van der Waals surface area contributed by atoms with Crippen molar-refractivity contribution in [3.05, 3.63) is 35.9 Å². The first-order valence-electron chi connectivity index (χ1n) is 6.43. The predicted molar refractivity (Wildman–Crippen MR) is 69.7 cm³/mol. The number of aliphatic hydroxyl groups is 1. The standard InChI is InChI=1S/C14H20N2O2/c15-12-7-6-11(8-12)14(18)16-9-13(17)10-4-2-1-3-5-10/h1-5,11-13,17H,6-9,15H2,(H,16,18). The van der Waals surface area contributed by atoms with Gasteiger partial charge in [-0.25, -0.2) is 0 Å². The van der Waals surface area contributed by atoms with Crippen molar-refractivity contribution in [1.29, 1.82) is 0 Å². The molecule has 4 nitrogen and oxygen atoms in total. The van der Waals surface area contributed by atoms with Crippen LogP contribution in [0, 0.1) is 5.92 Å². The Labute approximate surface area is 107 Å². The van der Waals surface area contributed by atoms with Crippen molar-refractivity contribution < 1.29 is 9.90 Å². The molecule has 0 spiro atoms. The fraction of sp³-hybridized carbons (Fsp3) is 0.500. The molecule has 98 valence electrons. The molecule has 0 aromatic heterocycles. The van der Waals surface area contributed by atoms with Crippen LogP contribution in [0.4, 0.5) is 0 Å². The van der Waals surface area contributed by atoms with E-state index in [4.69, 9.17) is 5.73 Å². The van der Waals surface area contributed by atoms with Crippen molar-refractivity contribution in [3.63, 3.8) is 0 Å². The van der Waals surface area contributed by atoms with E-state index in [1.807, 2.05) is 30.3 Å². The molecular formula is C14H20N2O2. The number of rotatable bonds is 4. The molecule has 1 aliphatic rings. The highest BCUT2D eigenvalue weighted by molar-refractivity contribution is 5.79. The average molecular weight is 248 g/mol. The number of nitrogens with two attached hydrogens (primary N) is 1. The zero-order valence-corrected chi connectivity index (χ0v) is 10.4. The van der Waals surface area contributed by atoms with E-state index >= 15 is 0 Å². The summed E-state index contributed by atoms with van der Waals surface area (Å²) < 4.78 is 0. The highest BCUT2D eigenvalue weighted by Gasteiger charge is 2.27. The zero-order valence-electron chi connectivity index (χ0n) is 10.4. The van der Waals surface area contributed by atoms with Gasteiger partial charge in [0.15, 0.2) is 0 Å². The van der Waals surface area contributed by atoms with Gasteiger partial charge in [0, 0.05) is 18.5 Å². The molecule has 4 heteroatoms. The number of hydrogen-bond donors (Lipinski definition) is 3. The molecular weight excluding hydrogens is 228 g/mol. The second kappa shape index (κ2) is 5.98. The molecule has 1 aliphatic carbocycles. The maximum absolute atomic E-state index is 11.8. The monoisotopic (exact) mass is 248 g/mol. The minimum Gasteiger partial charge on any atom is -0.387 e. The zero-order chi connectivity index (χ0) is 13.0. The molecule has 3 atom stereocenters. The number of carbonyl (C=O) groups is 1. The Bertz CT molecular complexity index is 394. The summed E-state index contributed by atoms with van der Waals surface area (Å²) >= 11 is 0. The third-order valence-electron chi connectivity index (χ3n) is 3.50. The van der Waals surface area contributed by atoms with E-state index in [0.717, 1.165) is 24.8 Å². The lowest BCUT2D eigenvalue weighted by atomic mass is 10.1. The molecule has 1 aromatic carbocycles. The fourth-order valence-electron chi connectivity index (χ4n) is 2.39. The molecule has 18 heavy (non-hydrogen) atoms. The van der Waals surface area contributed by atoms with Crippen LogP contribution in [0.1, 0.15) is 30.9 Å². The number of aliphatic hydroxyl groups excluding tert-OH is 1. The summed E-state index contributed by atoms with van der Waals surface area (Å²) in [6, 6.07) is 9.49. The Morgan fingerprint density at radius 3 is 2.72 bits per heavy atom. The predicted octanol–water partition coefficient (Wildman–Crippen LogP) is 0.964. The second-order valence-corrected chi connectivity index (χ2v) is 4.94. The Morgan fingerprint density at radius 2 is 2.11 bits per heavy atom. The van der Waals surface area contributed by atoms with Gasteiger partial charge < -0.3 is 16.2 Å². The topological polar surface area (TPSA) is 75.4 Å². The van der Waals surface area contributed by atoms with Gasteiger partial charge in [-0.15, -0.1) is 0 Å².